The second kappa shape index (κ2) is 26.4. The van der Waals surface area contributed by atoms with Crippen LogP contribution in [-0.2, 0) is 42.9 Å². The molecule has 0 aliphatic carbocycles. The predicted octanol–water partition coefficient (Wildman–Crippen LogP) is 5.12. The third-order valence-corrected chi connectivity index (χ3v) is 4.90. The van der Waals surface area contributed by atoms with Crippen LogP contribution in [0.4, 0.5) is 0 Å². The van der Waals surface area contributed by atoms with Crippen LogP contribution in [-0.4, -0.2) is 89.1 Å². The maximum Gasteiger partial charge on any atom is 0.337 e. The van der Waals surface area contributed by atoms with Gasteiger partial charge in [0.2, 0.25) is 0 Å². The summed E-state index contributed by atoms with van der Waals surface area (Å²) in [5.74, 6) is -1.39. The lowest BCUT2D eigenvalue weighted by Gasteiger charge is -2.09. The number of methoxy groups -OCH3 is 1. The van der Waals surface area contributed by atoms with Crippen molar-refractivity contribution in [1.29, 1.82) is 0 Å². The molecule has 1 atom stereocenters. The molecule has 0 N–H and O–H groups in total. The standard InChI is InChI=1S/C12H12O2.C8H15NO2.C7H10O3.C7H12O2/c1-10(12(13)14-2)8-9-11-6-4-3-5-7-11;1-7(2)8(10)11-6-5-9(3)4;1-5(2)7(8)10-4-6-3-9-6;1-3-5-6-9-7(8)4-2/h3-9H,1H2,2H3;1,5-6H2,2-4H3;6H,1,3-4H2,2H3;4H,2-3,5-6H2,1H3. The van der Waals surface area contributed by atoms with E-state index in [1.165, 1.54) is 13.2 Å². The van der Waals surface area contributed by atoms with Gasteiger partial charge in [-0.05, 0) is 46.0 Å². The Morgan fingerprint density at radius 3 is 1.95 bits per heavy atom. The number of carbonyl (C=O) groups excluding carboxylic acids is 4. The quantitative estimate of drug-likeness (QED) is 0.0697. The molecule has 2 rings (SSSR count). The van der Waals surface area contributed by atoms with E-state index in [9.17, 15) is 19.2 Å². The van der Waals surface area contributed by atoms with E-state index in [0.29, 0.717) is 43.1 Å². The molecule has 1 fully saturated rings. The summed E-state index contributed by atoms with van der Waals surface area (Å²) in [6.45, 7) is 21.8. The first-order valence-electron chi connectivity index (χ1n) is 14.0. The molecule has 10 heteroatoms. The van der Waals surface area contributed by atoms with Gasteiger partial charge in [-0.15, -0.1) is 0 Å². The number of benzene rings is 1. The Kier molecular flexibility index (Phi) is 25.1. The van der Waals surface area contributed by atoms with Crippen molar-refractivity contribution in [1.82, 2.24) is 4.90 Å². The molecule has 1 aromatic carbocycles. The van der Waals surface area contributed by atoms with Crippen molar-refractivity contribution in [3.8, 4) is 0 Å². The molecular weight excluding hydrogens is 566 g/mol. The number of likely N-dealkylation sites (N-methyl/N-ethyl adjacent to an activating group) is 1. The highest BCUT2D eigenvalue weighted by Gasteiger charge is 2.24. The second-order valence-corrected chi connectivity index (χ2v) is 9.54. The normalized spacial score (nSPS) is 12.4. The van der Waals surface area contributed by atoms with E-state index < -0.39 is 5.97 Å². The van der Waals surface area contributed by atoms with E-state index in [-0.39, 0.29) is 24.0 Å². The van der Waals surface area contributed by atoms with Gasteiger partial charge in [0.1, 0.15) is 19.3 Å². The van der Waals surface area contributed by atoms with Gasteiger partial charge in [-0.3, -0.25) is 0 Å². The Hall–Kier alpha value is -4.28. The minimum absolute atomic E-state index is 0.142. The number of epoxide rings is 1. The average Bonchev–Trinajstić information content (AvgIpc) is 3.84. The lowest BCUT2D eigenvalue weighted by Crippen LogP contribution is -2.20. The fraction of sp³-hybridized carbons (Fsp3) is 0.412. The first-order chi connectivity index (χ1) is 20.8. The molecule has 0 bridgehead atoms. The topological polar surface area (TPSA) is 121 Å². The zero-order valence-corrected chi connectivity index (χ0v) is 27.1. The van der Waals surface area contributed by atoms with Crippen molar-refractivity contribution in [3.63, 3.8) is 0 Å². The summed E-state index contributed by atoms with van der Waals surface area (Å²) < 4.78 is 23.6. The smallest absolute Gasteiger partial charge is 0.337 e. The van der Waals surface area contributed by atoms with Crippen LogP contribution in [0.3, 0.4) is 0 Å². The second-order valence-electron chi connectivity index (χ2n) is 9.54. The van der Waals surface area contributed by atoms with E-state index in [0.717, 1.165) is 24.9 Å². The molecule has 0 aromatic heterocycles. The average molecular weight is 616 g/mol. The van der Waals surface area contributed by atoms with Crippen LogP contribution in [0.25, 0.3) is 6.08 Å². The summed E-state index contributed by atoms with van der Waals surface area (Å²) in [6.07, 6.45) is 6.75. The lowest BCUT2D eigenvalue weighted by atomic mass is 10.2. The summed E-state index contributed by atoms with van der Waals surface area (Å²) in [5, 5.41) is 0. The Morgan fingerprint density at radius 1 is 0.932 bits per heavy atom. The fourth-order valence-electron chi connectivity index (χ4n) is 2.24. The van der Waals surface area contributed by atoms with E-state index in [2.05, 4.69) is 35.8 Å². The first kappa shape index (κ1) is 41.9. The van der Waals surface area contributed by atoms with E-state index >= 15 is 0 Å². The van der Waals surface area contributed by atoms with E-state index in [4.69, 9.17) is 14.2 Å². The van der Waals surface area contributed by atoms with Gasteiger partial charge in [0.15, 0.2) is 0 Å². The van der Waals surface area contributed by atoms with Crippen molar-refractivity contribution in [3.05, 3.63) is 91.1 Å². The monoisotopic (exact) mass is 615 g/mol. The van der Waals surface area contributed by atoms with Crippen LogP contribution in [0, 0.1) is 0 Å². The number of esters is 4. The molecule has 1 aliphatic heterocycles. The molecular formula is C34H49NO9. The number of rotatable bonds is 14. The maximum atomic E-state index is 11.0. The van der Waals surface area contributed by atoms with Gasteiger partial charge in [0.25, 0.3) is 0 Å². The summed E-state index contributed by atoms with van der Waals surface area (Å²) in [4.78, 5) is 44.7. The predicted molar refractivity (Wildman–Crippen MR) is 173 cm³/mol. The molecule has 1 heterocycles. The zero-order valence-electron chi connectivity index (χ0n) is 27.1. The summed E-state index contributed by atoms with van der Waals surface area (Å²) in [7, 11) is 5.19. The van der Waals surface area contributed by atoms with Crippen molar-refractivity contribution < 1.29 is 42.9 Å². The Morgan fingerprint density at radius 2 is 1.50 bits per heavy atom. The molecule has 10 nitrogen and oxygen atoms in total. The molecule has 44 heavy (non-hydrogen) atoms. The number of hydrogen-bond donors (Lipinski definition) is 0. The molecule has 1 unspecified atom stereocenters. The van der Waals surface area contributed by atoms with Gasteiger partial charge in [0.05, 0.1) is 25.9 Å². The molecule has 0 saturated carbocycles. The van der Waals surface area contributed by atoms with Crippen LogP contribution < -0.4 is 0 Å². The van der Waals surface area contributed by atoms with Crippen molar-refractivity contribution >= 4 is 30.0 Å². The lowest BCUT2D eigenvalue weighted by molar-refractivity contribution is -0.140. The molecule has 1 aliphatic rings. The highest BCUT2D eigenvalue weighted by atomic mass is 16.6. The van der Waals surface area contributed by atoms with E-state index in [1.807, 2.05) is 62.3 Å². The van der Waals surface area contributed by atoms with Crippen molar-refractivity contribution in [2.45, 2.75) is 39.7 Å². The number of nitrogens with zero attached hydrogens (tertiary/aromatic N) is 1. The third-order valence-electron chi connectivity index (χ3n) is 4.90. The number of carbonyl (C=O) groups is 4. The number of hydrogen-bond acceptors (Lipinski definition) is 10. The van der Waals surface area contributed by atoms with Gasteiger partial charge < -0.3 is 28.6 Å². The Labute approximate surface area is 262 Å². The molecule has 1 aromatic rings. The van der Waals surface area contributed by atoms with Crippen LogP contribution in [0.1, 0.15) is 39.2 Å². The van der Waals surface area contributed by atoms with Gasteiger partial charge >= 0.3 is 23.9 Å². The van der Waals surface area contributed by atoms with Crippen LogP contribution in [0.5, 0.6) is 0 Å². The summed E-state index contributed by atoms with van der Waals surface area (Å²) in [5.41, 5.74) is 2.25. The first-order valence-corrected chi connectivity index (χ1v) is 14.0. The highest BCUT2D eigenvalue weighted by molar-refractivity contribution is 5.92. The van der Waals surface area contributed by atoms with Crippen LogP contribution >= 0.6 is 0 Å². The highest BCUT2D eigenvalue weighted by Crippen LogP contribution is 2.09. The maximum absolute atomic E-state index is 11.0. The van der Waals surface area contributed by atoms with Gasteiger partial charge in [0, 0.05) is 23.8 Å². The van der Waals surface area contributed by atoms with Crippen LogP contribution in [0.2, 0.25) is 0 Å². The summed E-state index contributed by atoms with van der Waals surface area (Å²) >= 11 is 0. The van der Waals surface area contributed by atoms with Crippen LogP contribution in [0.15, 0.2) is 85.5 Å². The SMILES string of the molecule is C=C(C)C(=O)OCC1CO1.C=C(C)C(=O)OCCN(C)C.C=C(C=Cc1ccccc1)C(=O)OC.C=CC(=O)OCCCC. The third kappa shape index (κ3) is 26.6. The molecule has 0 amide bonds. The minimum atomic E-state index is -0.405. The molecule has 1 saturated heterocycles. The minimum Gasteiger partial charge on any atom is -0.465 e. The zero-order chi connectivity index (χ0) is 33.9. The van der Waals surface area contributed by atoms with Gasteiger partial charge in [-0.2, -0.15) is 0 Å². The molecule has 244 valence electrons. The largest absolute Gasteiger partial charge is 0.465 e. The van der Waals surface area contributed by atoms with Gasteiger partial charge in [-0.25, -0.2) is 19.2 Å². The number of ether oxygens (including phenoxy) is 5. The Bertz CT molecular complexity index is 1090. The number of unbranched alkanes of at least 4 members (excludes halogenated alkanes) is 1. The van der Waals surface area contributed by atoms with Crippen molar-refractivity contribution in [2.24, 2.45) is 0 Å². The van der Waals surface area contributed by atoms with E-state index in [1.54, 1.807) is 19.9 Å². The van der Waals surface area contributed by atoms with Crippen molar-refractivity contribution in [2.75, 3.05) is 54.2 Å². The van der Waals surface area contributed by atoms with Gasteiger partial charge in [-0.1, -0.05) is 76.1 Å². The molecule has 0 radical (unpaired) electrons. The Balaban J connectivity index is 0. The summed E-state index contributed by atoms with van der Waals surface area (Å²) in [6, 6.07) is 9.69. The molecule has 0 spiro atoms. The fourth-order valence-corrected chi connectivity index (χ4v) is 2.24.